The van der Waals surface area contributed by atoms with Crippen LogP contribution in [0.3, 0.4) is 0 Å². The van der Waals surface area contributed by atoms with Gasteiger partial charge in [0.15, 0.2) is 0 Å². The molecule has 2 aliphatic carbocycles. The second-order valence-electron chi connectivity index (χ2n) is 8.64. The van der Waals surface area contributed by atoms with Gasteiger partial charge in [-0.15, -0.1) is 6.58 Å². The Bertz CT molecular complexity index is 516. The van der Waals surface area contributed by atoms with Crippen molar-refractivity contribution in [1.82, 2.24) is 0 Å². The summed E-state index contributed by atoms with van der Waals surface area (Å²) >= 11 is 0. The van der Waals surface area contributed by atoms with Gasteiger partial charge in [-0.2, -0.15) is 0 Å². The van der Waals surface area contributed by atoms with E-state index in [4.69, 9.17) is 4.74 Å². The number of benzene rings is 1. The van der Waals surface area contributed by atoms with Crippen LogP contribution in [-0.2, 0) is 11.3 Å². The van der Waals surface area contributed by atoms with Crippen LogP contribution in [0, 0.1) is 17.8 Å². The van der Waals surface area contributed by atoms with Crippen molar-refractivity contribution in [2.24, 2.45) is 17.8 Å². The van der Waals surface area contributed by atoms with Gasteiger partial charge in [0, 0.05) is 6.61 Å². The molecule has 0 spiro atoms. The normalized spacial score (nSPS) is 29.4. The average Bonchev–Trinajstić information content (AvgIpc) is 2.72. The van der Waals surface area contributed by atoms with Gasteiger partial charge < -0.3 is 4.74 Å². The third kappa shape index (κ3) is 5.46. The van der Waals surface area contributed by atoms with Crippen LogP contribution in [0.5, 0.6) is 0 Å². The first-order valence-electron chi connectivity index (χ1n) is 11.1. The molecular formula is C25H38O. The largest absolute Gasteiger partial charge is 0.377 e. The molecule has 1 heteroatoms. The Labute approximate surface area is 161 Å². The van der Waals surface area contributed by atoms with Gasteiger partial charge in [-0.25, -0.2) is 0 Å². The monoisotopic (exact) mass is 354 g/mol. The Morgan fingerprint density at radius 2 is 1.54 bits per heavy atom. The van der Waals surface area contributed by atoms with Crippen molar-refractivity contribution in [3.05, 3.63) is 48.0 Å². The fourth-order valence-corrected chi connectivity index (χ4v) is 5.33. The lowest BCUT2D eigenvalue weighted by molar-refractivity contribution is 0.134. The Hall–Kier alpha value is -1.08. The van der Waals surface area contributed by atoms with Crippen molar-refractivity contribution in [3.8, 4) is 0 Å². The van der Waals surface area contributed by atoms with Crippen molar-refractivity contribution < 1.29 is 4.74 Å². The SMILES string of the molecule is C=CCCC1CCC(C2CCC(c3ccc(COCC)cc3)CC2)CC1. The van der Waals surface area contributed by atoms with Crippen molar-refractivity contribution in [1.29, 1.82) is 0 Å². The van der Waals surface area contributed by atoms with Gasteiger partial charge in [-0.1, -0.05) is 43.2 Å². The summed E-state index contributed by atoms with van der Waals surface area (Å²) in [5, 5.41) is 0. The molecule has 2 fully saturated rings. The molecule has 0 radical (unpaired) electrons. The fourth-order valence-electron chi connectivity index (χ4n) is 5.33. The van der Waals surface area contributed by atoms with Crippen molar-refractivity contribution >= 4 is 0 Å². The number of hydrogen-bond donors (Lipinski definition) is 0. The van der Waals surface area contributed by atoms with E-state index in [0.717, 1.165) is 36.9 Å². The van der Waals surface area contributed by atoms with Crippen LogP contribution in [0.15, 0.2) is 36.9 Å². The van der Waals surface area contributed by atoms with Crippen LogP contribution in [0.4, 0.5) is 0 Å². The summed E-state index contributed by atoms with van der Waals surface area (Å²) in [6.07, 6.45) is 16.3. The van der Waals surface area contributed by atoms with Crippen LogP contribution in [0.2, 0.25) is 0 Å². The summed E-state index contributed by atoms with van der Waals surface area (Å²) in [6.45, 7) is 7.48. The molecule has 3 rings (SSSR count). The maximum Gasteiger partial charge on any atom is 0.0716 e. The predicted octanol–water partition coefficient (Wildman–Crippen LogP) is 7.27. The van der Waals surface area contributed by atoms with E-state index in [-0.39, 0.29) is 0 Å². The lowest BCUT2D eigenvalue weighted by Gasteiger charge is -2.38. The van der Waals surface area contributed by atoms with Gasteiger partial charge in [-0.3, -0.25) is 0 Å². The van der Waals surface area contributed by atoms with Crippen molar-refractivity contribution in [3.63, 3.8) is 0 Å². The molecular weight excluding hydrogens is 316 g/mol. The van der Waals surface area contributed by atoms with E-state index in [0.29, 0.717) is 0 Å². The lowest BCUT2D eigenvalue weighted by Crippen LogP contribution is -2.25. The summed E-state index contributed by atoms with van der Waals surface area (Å²) in [5.41, 5.74) is 2.86. The van der Waals surface area contributed by atoms with E-state index in [9.17, 15) is 0 Å². The Morgan fingerprint density at radius 3 is 2.12 bits per heavy atom. The maximum absolute atomic E-state index is 5.51. The highest BCUT2D eigenvalue weighted by Crippen LogP contribution is 2.44. The zero-order valence-electron chi connectivity index (χ0n) is 16.8. The van der Waals surface area contributed by atoms with Gasteiger partial charge in [-0.05, 0) is 93.1 Å². The molecule has 1 nitrogen and oxygen atoms in total. The topological polar surface area (TPSA) is 9.23 Å². The summed E-state index contributed by atoms with van der Waals surface area (Å²) in [6, 6.07) is 9.23. The first kappa shape index (κ1) is 19.7. The summed E-state index contributed by atoms with van der Waals surface area (Å²) in [7, 11) is 0. The second kappa shape index (κ2) is 10.3. The van der Waals surface area contributed by atoms with Gasteiger partial charge >= 0.3 is 0 Å². The molecule has 1 aromatic rings. The summed E-state index contributed by atoms with van der Waals surface area (Å²) < 4.78 is 5.51. The molecule has 0 heterocycles. The molecule has 0 unspecified atom stereocenters. The minimum absolute atomic E-state index is 0.749. The van der Waals surface area contributed by atoms with Crippen LogP contribution < -0.4 is 0 Å². The molecule has 0 saturated heterocycles. The smallest absolute Gasteiger partial charge is 0.0716 e. The average molecular weight is 355 g/mol. The van der Waals surface area contributed by atoms with Gasteiger partial charge in [0.25, 0.3) is 0 Å². The van der Waals surface area contributed by atoms with E-state index >= 15 is 0 Å². The number of allylic oxidation sites excluding steroid dienone is 1. The quantitative estimate of drug-likeness (QED) is 0.446. The highest BCUT2D eigenvalue weighted by molar-refractivity contribution is 5.25. The number of rotatable bonds is 8. The Balaban J connectivity index is 1.42. The molecule has 0 aliphatic heterocycles. The van der Waals surface area contributed by atoms with Gasteiger partial charge in [0.1, 0.15) is 0 Å². The Kier molecular flexibility index (Phi) is 7.80. The molecule has 144 valence electrons. The minimum atomic E-state index is 0.749. The highest BCUT2D eigenvalue weighted by atomic mass is 16.5. The first-order valence-corrected chi connectivity index (χ1v) is 11.1. The molecule has 2 saturated carbocycles. The van der Waals surface area contributed by atoms with E-state index < -0.39 is 0 Å². The van der Waals surface area contributed by atoms with E-state index in [1.165, 1.54) is 69.8 Å². The van der Waals surface area contributed by atoms with Crippen LogP contribution in [-0.4, -0.2) is 6.61 Å². The van der Waals surface area contributed by atoms with Crippen LogP contribution in [0.25, 0.3) is 0 Å². The standard InChI is InChI=1S/C25H38O/c1-3-5-6-20-7-11-22(12-8-20)24-15-17-25(18-16-24)23-13-9-21(10-14-23)19-26-4-2/h3,9-10,13-14,20,22,24-25H,1,4-8,11-12,15-19H2,2H3. The van der Waals surface area contributed by atoms with E-state index in [2.05, 4.69) is 43.8 Å². The van der Waals surface area contributed by atoms with Crippen LogP contribution >= 0.6 is 0 Å². The Morgan fingerprint density at radius 1 is 0.923 bits per heavy atom. The molecule has 0 atom stereocenters. The molecule has 0 amide bonds. The molecule has 0 N–H and O–H groups in total. The molecule has 26 heavy (non-hydrogen) atoms. The fraction of sp³-hybridized carbons (Fsp3) is 0.680. The van der Waals surface area contributed by atoms with Crippen molar-refractivity contribution in [2.45, 2.75) is 83.7 Å². The highest BCUT2D eigenvalue weighted by Gasteiger charge is 2.31. The van der Waals surface area contributed by atoms with Gasteiger partial charge in [0.05, 0.1) is 6.61 Å². The predicted molar refractivity (Wildman–Crippen MR) is 111 cm³/mol. The minimum Gasteiger partial charge on any atom is -0.377 e. The zero-order valence-corrected chi connectivity index (χ0v) is 16.8. The molecule has 2 aliphatic rings. The zero-order chi connectivity index (χ0) is 18.2. The molecule has 0 bridgehead atoms. The van der Waals surface area contributed by atoms with Crippen molar-refractivity contribution in [2.75, 3.05) is 6.61 Å². The van der Waals surface area contributed by atoms with E-state index in [1.807, 2.05) is 0 Å². The van der Waals surface area contributed by atoms with Gasteiger partial charge in [0.2, 0.25) is 0 Å². The van der Waals surface area contributed by atoms with Crippen LogP contribution in [0.1, 0.15) is 88.2 Å². The summed E-state index contributed by atoms with van der Waals surface area (Å²) in [4.78, 5) is 0. The summed E-state index contributed by atoms with van der Waals surface area (Å²) in [5.74, 6) is 3.79. The number of hydrogen-bond acceptors (Lipinski definition) is 1. The number of ether oxygens (including phenoxy) is 1. The first-order chi connectivity index (χ1) is 12.8. The second-order valence-corrected chi connectivity index (χ2v) is 8.64. The maximum atomic E-state index is 5.51. The van der Waals surface area contributed by atoms with E-state index in [1.54, 1.807) is 5.56 Å². The lowest BCUT2D eigenvalue weighted by atomic mass is 9.68. The molecule has 0 aromatic heterocycles. The molecule has 1 aromatic carbocycles. The third-order valence-corrected chi connectivity index (χ3v) is 7.03. The third-order valence-electron chi connectivity index (χ3n) is 7.03.